The van der Waals surface area contributed by atoms with Crippen molar-refractivity contribution in [3.8, 4) is 0 Å². The maximum atomic E-state index is 12.6. The van der Waals surface area contributed by atoms with Gasteiger partial charge in [0.15, 0.2) is 0 Å². The van der Waals surface area contributed by atoms with Crippen molar-refractivity contribution in [1.29, 1.82) is 0 Å². The third kappa shape index (κ3) is 4.04. The maximum Gasteiger partial charge on any atom is 0.416 e. The van der Waals surface area contributed by atoms with Crippen LogP contribution in [0.25, 0.3) is 0 Å². The number of halogens is 3. The standard InChI is InChI=1S/C13H18F3NOS/c1-4-12(17-3)9(2)19(18)11-7-5-6-10(8-11)13(14,15)16/h5-9,12,17H,4H2,1-3H3. The minimum absolute atomic E-state index is 0.00961. The van der Waals surface area contributed by atoms with Crippen molar-refractivity contribution in [2.45, 2.75) is 42.6 Å². The van der Waals surface area contributed by atoms with Crippen LogP contribution in [0.1, 0.15) is 25.8 Å². The molecule has 0 bridgehead atoms. The Morgan fingerprint density at radius 2 is 2.00 bits per heavy atom. The quantitative estimate of drug-likeness (QED) is 0.903. The van der Waals surface area contributed by atoms with Crippen LogP contribution in [0.4, 0.5) is 13.2 Å². The zero-order valence-corrected chi connectivity index (χ0v) is 11.9. The highest BCUT2D eigenvalue weighted by molar-refractivity contribution is 7.85. The number of nitrogens with one attached hydrogen (secondary N) is 1. The molecule has 0 saturated heterocycles. The average molecular weight is 293 g/mol. The van der Waals surface area contributed by atoms with Gasteiger partial charge in [-0.1, -0.05) is 13.0 Å². The van der Waals surface area contributed by atoms with Crippen LogP contribution < -0.4 is 5.32 Å². The first-order chi connectivity index (χ1) is 8.81. The summed E-state index contributed by atoms with van der Waals surface area (Å²) in [6, 6.07) is 4.73. The van der Waals surface area contributed by atoms with Gasteiger partial charge in [-0.15, -0.1) is 0 Å². The number of hydrogen-bond donors (Lipinski definition) is 1. The lowest BCUT2D eigenvalue weighted by atomic mass is 10.2. The van der Waals surface area contributed by atoms with Crippen LogP contribution in [0.2, 0.25) is 0 Å². The molecule has 0 amide bonds. The van der Waals surface area contributed by atoms with E-state index in [0.717, 1.165) is 18.6 Å². The summed E-state index contributed by atoms with van der Waals surface area (Å²) in [5.41, 5.74) is -0.761. The van der Waals surface area contributed by atoms with E-state index >= 15 is 0 Å². The van der Waals surface area contributed by atoms with Gasteiger partial charge in [0.25, 0.3) is 0 Å². The summed E-state index contributed by atoms with van der Waals surface area (Å²) in [5.74, 6) is 0. The summed E-state index contributed by atoms with van der Waals surface area (Å²) in [4.78, 5) is 0.219. The number of hydrogen-bond acceptors (Lipinski definition) is 2. The number of rotatable bonds is 5. The molecule has 0 aromatic heterocycles. The van der Waals surface area contributed by atoms with E-state index in [2.05, 4.69) is 5.32 Å². The summed E-state index contributed by atoms with van der Waals surface area (Å²) in [5, 5.41) is 2.78. The van der Waals surface area contributed by atoms with Crippen LogP contribution in [0.3, 0.4) is 0 Å². The predicted molar refractivity (Wildman–Crippen MR) is 70.5 cm³/mol. The first-order valence-electron chi connectivity index (χ1n) is 6.06. The van der Waals surface area contributed by atoms with Gasteiger partial charge in [0.05, 0.1) is 21.6 Å². The van der Waals surface area contributed by atoms with E-state index < -0.39 is 22.5 Å². The molecule has 1 N–H and O–H groups in total. The average Bonchev–Trinajstić information content (AvgIpc) is 2.38. The Bertz CT molecular complexity index is 444. The summed E-state index contributed by atoms with van der Waals surface area (Å²) in [6.07, 6.45) is -3.64. The Kier molecular flexibility index (Phi) is 5.55. The van der Waals surface area contributed by atoms with Crippen LogP contribution in [0.5, 0.6) is 0 Å². The van der Waals surface area contributed by atoms with Crippen LogP contribution in [0, 0.1) is 0 Å². The fraction of sp³-hybridized carbons (Fsp3) is 0.538. The van der Waals surface area contributed by atoms with Crippen molar-refractivity contribution in [2.75, 3.05) is 7.05 Å². The highest BCUT2D eigenvalue weighted by atomic mass is 32.2. The molecule has 6 heteroatoms. The summed E-state index contributed by atoms with van der Waals surface area (Å²) < 4.78 is 50.1. The molecule has 0 aliphatic carbocycles. The second-order valence-corrected chi connectivity index (χ2v) is 6.14. The van der Waals surface area contributed by atoms with Gasteiger partial charge in [-0.2, -0.15) is 13.2 Å². The Labute approximate surface area is 113 Å². The molecule has 3 atom stereocenters. The van der Waals surface area contributed by atoms with Gasteiger partial charge >= 0.3 is 6.18 Å². The van der Waals surface area contributed by atoms with Gasteiger partial charge in [0.2, 0.25) is 0 Å². The Morgan fingerprint density at radius 1 is 1.37 bits per heavy atom. The van der Waals surface area contributed by atoms with Gasteiger partial charge in [0.1, 0.15) is 0 Å². The zero-order valence-electron chi connectivity index (χ0n) is 11.1. The van der Waals surface area contributed by atoms with Gasteiger partial charge < -0.3 is 5.32 Å². The third-order valence-electron chi connectivity index (χ3n) is 3.11. The highest BCUT2D eigenvalue weighted by Crippen LogP contribution is 2.30. The van der Waals surface area contributed by atoms with Crippen LogP contribution in [0.15, 0.2) is 29.2 Å². The summed E-state index contributed by atoms with van der Waals surface area (Å²) in [6.45, 7) is 3.72. The maximum absolute atomic E-state index is 12.6. The second-order valence-electron chi connectivity index (χ2n) is 4.33. The fourth-order valence-corrected chi connectivity index (χ4v) is 3.44. The molecule has 1 aromatic carbocycles. The lowest BCUT2D eigenvalue weighted by molar-refractivity contribution is -0.137. The molecule has 3 unspecified atom stereocenters. The topological polar surface area (TPSA) is 29.1 Å². The third-order valence-corrected chi connectivity index (χ3v) is 4.83. The molecule has 0 fully saturated rings. The molecule has 0 spiro atoms. The Morgan fingerprint density at radius 3 is 2.47 bits per heavy atom. The zero-order chi connectivity index (χ0) is 14.6. The van der Waals surface area contributed by atoms with Crippen molar-refractivity contribution in [1.82, 2.24) is 5.32 Å². The first kappa shape index (κ1) is 16.2. The van der Waals surface area contributed by atoms with E-state index in [1.807, 2.05) is 6.92 Å². The number of benzene rings is 1. The van der Waals surface area contributed by atoms with Gasteiger partial charge in [0, 0.05) is 10.9 Å². The largest absolute Gasteiger partial charge is 0.416 e. The molecule has 0 aliphatic rings. The van der Waals surface area contributed by atoms with Crippen molar-refractivity contribution in [3.63, 3.8) is 0 Å². The molecule has 1 rings (SSSR count). The molecular formula is C13H18F3NOS. The molecule has 0 saturated carbocycles. The molecule has 19 heavy (non-hydrogen) atoms. The van der Waals surface area contributed by atoms with Crippen LogP contribution in [-0.4, -0.2) is 22.5 Å². The normalized spacial score (nSPS) is 16.9. The van der Waals surface area contributed by atoms with E-state index in [1.54, 1.807) is 14.0 Å². The lowest BCUT2D eigenvalue weighted by Crippen LogP contribution is -2.37. The monoisotopic (exact) mass is 293 g/mol. The Hall–Kier alpha value is -0.880. The van der Waals surface area contributed by atoms with Crippen molar-refractivity contribution < 1.29 is 17.4 Å². The van der Waals surface area contributed by atoms with E-state index in [9.17, 15) is 17.4 Å². The molecule has 2 nitrogen and oxygen atoms in total. The Balaban J connectivity index is 3.00. The van der Waals surface area contributed by atoms with Gasteiger partial charge in [-0.05, 0) is 38.6 Å². The van der Waals surface area contributed by atoms with E-state index in [1.165, 1.54) is 12.1 Å². The smallest absolute Gasteiger partial charge is 0.316 e. The van der Waals surface area contributed by atoms with Gasteiger partial charge in [-0.3, -0.25) is 4.21 Å². The minimum Gasteiger partial charge on any atom is -0.316 e. The van der Waals surface area contributed by atoms with E-state index in [-0.39, 0.29) is 16.2 Å². The predicted octanol–water partition coefficient (Wildman–Crippen LogP) is 3.20. The van der Waals surface area contributed by atoms with Crippen LogP contribution in [-0.2, 0) is 17.0 Å². The molecule has 108 valence electrons. The second kappa shape index (κ2) is 6.52. The summed E-state index contributed by atoms with van der Waals surface area (Å²) in [7, 11) is 0.292. The SMILES string of the molecule is CCC(NC)C(C)S(=O)c1cccc(C(F)(F)F)c1. The summed E-state index contributed by atoms with van der Waals surface area (Å²) >= 11 is 0. The van der Waals surface area contributed by atoms with Crippen molar-refractivity contribution in [3.05, 3.63) is 29.8 Å². The van der Waals surface area contributed by atoms with E-state index in [4.69, 9.17) is 0 Å². The number of alkyl halides is 3. The fourth-order valence-electron chi connectivity index (χ4n) is 1.93. The highest BCUT2D eigenvalue weighted by Gasteiger charge is 2.31. The molecule has 0 radical (unpaired) electrons. The van der Waals surface area contributed by atoms with Crippen LogP contribution >= 0.6 is 0 Å². The lowest BCUT2D eigenvalue weighted by Gasteiger charge is -2.21. The van der Waals surface area contributed by atoms with E-state index in [0.29, 0.717) is 0 Å². The molecular weight excluding hydrogens is 275 g/mol. The van der Waals surface area contributed by atoms with Crippen molar-refractivity contribution in [2.24, 2.45) is 0 Å². The minimum atomic E-state index is -4.41. The van der Waals surface area contributed by atoms with Crippen molar-refractivity contribution >= 4 is 10.8 Å². The molecule has 0 aliphatic heterocycles. The molecule has 0 heterocycles. The van der Waals surface area contributed by atoms with Gasteiger partial charge in [-0.25, -0.2) is 0 Å². The molecule has 1 aromatic rings. The first-order valence-corrected chi connectivity index (χ1v) is 7.27.